The number of esters is 1. The third-order valence-corrected chi connectivity index (χ3v) is 1.80. The van der Waals surface area contributed by atoms with Gasteiger partial charge in [0, 0.05) is 0 Å². The molecule has 76 valence electrons. The molecule has 0 spiro atoms. The SMILES string of the molecule is COC(=O)[C@H]1OC(C)(C)O[C@@H]1CO. The van der Waals surface area contributed by atoms with Gasteiger partial charge in [0.25, 0.3) is 0 Å². The Morgan fingerprint density at radius 1 is 1.54 bits per heavy atom. The Balaban J connectivity index is 2.69. The molecule has 0 saturated carbocycles. The summed E-state index contributed by atoms with van der Waals surface area (Å²) in [6.07, 6.45) is -1.47. The van der Waals surface area contributed by atoms with E-state index in [9.17, 15) is 4.79 Å². The van der Waals surface area contributed by atoms with Crippen molar-refractivity contribution in [3.8, 4) is 0 Å². The molecule has 1 fully saturated rings. The van der Waals surface area contributed by atoms with Gasteiger partial charge in [0.1, 0.15) is 6.10 Å². The van der Waals surface area contributed by atoms with E-state index in [4.69, 9.17) is 14.6 Å². The molecule has 0 bridgehead atoms. The van der Waals surface area contributed by atoms with E-state index in [2.05, 4.69) is 4.74 Å². The van der Waals surface area contributed by atoms with E-state index < -0.39 is 24.0 Å². The molecule has 1 heterocycles. The van der Waals surface area contributed by atoms with Gasteiger partial charge >= 0.3 is 5.97 Å². The fraction of sp³-hybridized carbons (Fsp3) is 0.875. The number of hydrogen-bond donors (Lipinski definition) is 1. The zero-order valence-electron chi connectivity index (χ0n) is 7.94. The van der Waals surface area contributed by atoms with Crippen LogP contribution in [0.4, 0.5) is 0 Å². The van der Waals surface area contributed by atoms with Crippen LogP contribution < -0.4 is 0 Å². The van der Waals surface area contributed by atoms with Crippen LogP contribution in [0.25, 0.3) is 0 Å². The second kappa shape index (κ2) is 3.61. The second-order valence-corrected chi connectivity index (χ2v) is 3.30. The highest BCUT2D eigenvalue weighted by molar-refractivity contribution is 5.75. The Morgan fingerprint density at radius 2 is 2.15 bits per heavy atom. The van der Waals surface area contributed by atoms with Crippen LogP contribution in [0.15, 0.2) is 0 Å². The summed E-state index contributed by atoms with van der Waals surface area (Å²) >= 11 is 0. The molecule has 0 unspecified atom stereocenters. The van der Waals surface area contributed by atoms with Crippen LogP contribution in [-0.2, 0) is 19.0 Å². The Kier molecular flexibility index (Phi) is 2.90. The van der Waals surface area contributed by atoms with Gasteiger partial charge < -0.3 is 19.3 Å². The summed E-state index contributed by atoms with van der Waals surface area (Å²) in [6, 6.07) is 0. The molecule has 2 atom stereocenters. The van der Waals surface area contributed by atoms with E-state index in [1.807, 2.05) is 0 Å². The smallest absolute Gasteiger partial charge is 0.337 e. The van der Waals surface area contributed by atoms with Crippen molar-refractivity contribution in [1.29, 1.82) is 0 Å². The minimum Gasteiger partial charge on any atom is -0.467 e. The molecule has 1 N–H and O–H groups in total. The van der Waals surface area contributed by atoms with Crippen molar-refractivity contribution in [3.63, 3.8) is 0 Å². The molecule has 0 amide bonds. The largest absolute Gasteiger partial charge is 0.467 e. The van der Waals surface area contributed by atoms with Crippen LogP contribution in [0.5, 0.6) is 0 Å². The Bertz CT molecular complexity index is 201. The number of aliphatic hydroxyl groups is 1. The second-order valence-electron chi connectivity index (χ2n) is 3.30. The van der Waals surface area contributed by atoms with Gasteiger partial charge in [-0.15, -0.1) is 0 Å². The summed E-state index contributed by atoms with van der Waals surface area (Å²) in [5, 5.41) is 8.90. The van der Waals surface area contributed by atoms with Crippen molar-refractivity contribution < 1.29 is 24.1 Å². The fourth-order valence-electron chi connectivity index (χ4n) is 1.28. The van der Waals surface area contributed by atoms with Crippen molar-refractivity contribution in [2.45, 2.75) is 31.8 Å². The molecule has 13 heavy (non-hydrogen) atoms. The highest BCUT2D eigenvalue weighted by Crippen LogP contribution is 2.28. The lowest BCUT2D eigenvalue weighted by molar-refractivity contribution is -0.168. The number of carbonyl (C=O) groups excluding carboxylic acids is 1. The predicted molar refractivity (Wildman–Crippen MR) is 42.9 cm³/mol. The van der Waals surface area contributed by atoms with Crippen LogP contribution in [0.3, 0.4) is 0 Å². The third kappa shape index (κ3) is 2.18. The first-order valence-corrected chi connectivity index (χ1v) is 4.04. The molecule has 0 aromatic rings. The number of hydrogen-bond acceptors (Lipinski definition) is 5. The van der Waals surface area contributed by atoms with E-state index in [-0.39, 0.29) is 6.61 Å². The normalized spacial score (nSPS) is 31.7. The average Bonchev–Trinajstić information content (AvgIpc) is 2.39. The van der Waals surface area contributed by atoms with Gasteiger partial charge in [-0.2, -0.15) is 0 Å². The number of methoxy groups -OCH3 is 1. The van der Waals surface area contributed by atoms with Crippen LogP contribution >= 0.6 is 0 Å². The predicted octanol–water partition coefficient (Wildman–Crippen LogP) is -0.328. The highest BCUT2D eigenvalue weighted by Gasteiger charge is 2.45. The van der Waals surface area contributed by atoms with E-state index in [1.165, 1.54) is 7.11 Å². The molecule has 1 aliphatic rings. The Labute approximate surface area is 76.6 Å². The lowest BCUT2D eigenvalue weighted by atomic mass is 10.2. The number of ether oxygens (including phenoxy) is 3. The standard InChI is InChI=1S/C8H14O5/c1-8(2)12-5(4-9)6(13-8)7(10)11-3/h5-6,9H,4H2,1-3H3/t5-,6+/m1/s1. The summed E-state index contributed by atoms with van der Waals surface area (Å²) in [6.45, 7) is 3.10. The molecule has 5 heteroatoms. The maximum Gasteiger partial charge on any atom is 0.337 e. The molecule has 0 radical (unpaired) electrons. The summed E-state index contributed by atoms with van der Waals surface area (Å²) in [5.74, 6) is -1.36. The van der Waals surface area contributed by atoms with Crippen molar-refractivity contribution in [2.24, 2.45) is 0 Å². The molecule has 0 aliphatic carbocycles. The molecule has 5 nitrogen and oxygen atoms in total. The van der Waals surface area contributed by atoms with Crippen LogP contribution in [0, 0.1) is 0 Å². The van der Waals surface area contributed by atoms with Crippen LogP contribution in [0.1, 0.15) is 13.8 Å². The number of aliphatic hydroxyl groups excluding tert-OH is 1. The van der Waals surface area contributed by atoms with Gasteiger partial charge in [-0.25, -0.2) is 4.79 Å². The zero-order valence-corrected chi connectivity index (χ0v) is 7.94. The van der Waals surface area contributed by atoms with Gasteiger partial charge in [-0.1, -0.05) is 0 Å². The maximum atomic E-state index is 11.1. The van der Waals surface area contributed by atoms with Crippen LogP contribution in [-0.4, -0.2) is 42.8 Å². The molecular weight excluding hydrogens is 176 g/mol. The van der Waals surface area contributed by atoms with Gasteiger partial charge in [-0.05, 0) is 13.8 Å². The van der Waals surface area contributed by atoms with Crippen molar-refractivity contribution >= 4 is 5.97 Å². The van der Waals surface area contributed by atoms with Crippen molar-refractivity contribution in [1.82, 2.24) is 0 Å². The number of carbonyl (C=O) groups is 1. The lowest BCUT2D eigenvalue weighted by Crippen LogP contribution is -2.34. The minimum absolute atomic E-state index is 0.261. The van der Waals surface area contributed by atoms with Crippen molar-refractivity contribution in [2.75, 3.05) is 13.7 Å². The van der Waals surface area contributed by atoms with E-state index in [0.717, 1.165) is 0 Å². The van der Waals surface area contributed by atoms with Gasteiger partial charge in [0.15, 0.2) is 11.9 Å². The summed E-state index contributed by atoms with van der Waals surface area (Å²) in [5.41, 5.74) is 0. The zero-order chi connectivity index (χ0) is 10.1. The minimum atomic E-state index is -0.841. The van der Waals surface area contributed by atoms with E-state index in [0.29, 0.717) is 0 Å². The Hall–Kier alpha value is -0.650. The maximum absolute atomic E-state index is 11.1. The molecular formula is C8H14O5. The summed E-state index contributed by atoms with van der Waals surface area (Å²) in [4.78, 5) is 11.1. The fourth-order valence-corrected chi connectivity index (χ4v) is 1.28. The first kappa shape index (κ1) is 10.4. The highest BCUT2D eigenvalue weighted by atomic mass is 16.8. The van der Waals surface area contributed by atoms with Crippen LogP contribution in [0.2, 0.25) is 0 Å². The third-order valence-electron chi connectivity index (χ3n) is 1.80. The van der Waals surface area contributed by atoms with Gasteiger partial charge in [0.05, 0.1) is 13.7 Å². The first-order chi connectivity index (χ1) is 6.00. The molecule has 0 aromatic heterocycles. The quantitative estimate of drug-likeness (QED) is 0.604. The van der Waals surface area contributed by atoms with Crippen molar-refractivity contribution in [3.05, 3.63) is 0 Å². The first-order valence-electron chi connectivity index (χ1n) is 4.04. The molecule has 1 aliphatic heterocycles. The molecule has 0 aromatic carbocycles. The Morgan fingerprint density at radius 3 is 2.62 bits per heavy atom. The van der Waals surface area contributed by atoms with Gasteiger partial charge in [0.2, 0.25) is 0 Å². The van der Waals surface area contributed by atoms with Gasteiger partial charge in [-0.3, -0.25) is 0 Å². The van der Waals surface area contributed by atoms with E-state index in [1.54, 1.807) is 13.8 Å². The lowest BCUT2D eigenvalue weighted by Gasteiger charge is -2.15. The molecule has 1 rings (SSSR count). The monoisotopic (exact) mass is 190 g/mol. The molecule has 1 saturated heterocycles. The summed E-state index contributed by atoms with van der Waals surface area (Å²) < 4.78 is 15.0. The average molecular weight is 190 g/mol. The number of rotatable bonds is 2. The summed E-state index contributed by atoms with van der Waals surface area (Å²) in [7, 11) is 1.27. The van der Waals surface area contributed by atoms with E-state index >= 15 is 0 Å². The topological polar surface area (TPSA) is 65.0 Å².